The van der Waals surface area contributed by atoms with Gasteiger partial charge < -0.3 is 9.47 Å². The van der Waals surface area contributed by atoms with Crippen LogP contribution in [0, 0.1) is 11.3 Å². The SMILES string of the molecule is C=C(C)C1CCC(C(=O)OC)(C(=O)OC)C1. The molecule has 1 saturated carbocycles. The summed E-state index contributed by atoms with van der Waals surface area (Å²) in [7, 11) is 2.59. The second-order valence-electron chi connectivity index (χ2n) is 4.35. The van der Waals surface area contributed by atoms with Gasteiger partial charge in [0.15, 0.2) is 5.41 Å². The van der Waals surface area contributed by atoms with Gasteiger partial charge in [-0.3, -0.25) is 9.59 Å². The molecule has 0 aromatic carbocycles. The van der Waals surface area contributed by atoms with E-state index in [9.17, 15) is 9.59 Å². The molecule has 1 unspecified atom stereocenters. The van der Waals surface area contributed by atoms with E-state index in [-0.39, 0.29) is 5.92 Å². The molecule has 90 valence electrons. The molecule has 0 aromatic rings. The smallest absolute Gasteiger partial charge is 0.323 e. The summed E-state index contributed by atoms with van der Waals surface area (Å²) in [5.41, 5.74) is -0.123. The highest BCUT2D eigenvalue weighted by Crippen LogP contribution is 2.46. The molecule has 0 aromatic heterocycles. The summed E-state index contributed by atoms with van der Waals surface area (Å²) in [6, 6.07) is 0. The van der Waals surface area contributed by atoms with Crippen LogP contribution in [0.25, 0.3) is 0 Å². The minimum Gasteiger partial charge on any atom is -0.468 e. The van der Waals surface area contributed by atoms with Gasteiger partial charge in [0, 0.05) is 0 Å². The molecule has 0 saturated heterocycles. The number of allylic oxidation sites excluding steroid dienone is 1. The van der Waals surface area contributed by atoms with E-state index in [1.54, 1.807) is 0 Å². The van der Waals surface area contributed by atoms with E-state index in [0.29, 0.717) is 12.8 Å². The van der Waals surface area contributed by atoms with E-state index < -0.39 is 17.4 Å². The van der Waals surface area contributed by atoms with Crippen molar-refractivity contribution in [3.8, 4) is 0 Å². The molecular weight excluding hydrogens is 208 g/mol. The third kappa shape index (κ3) is 1.96. The molecule has 0 aliphatic heterocycles. The van der Waals surface area contributed by atoms with Gasteiger partial charge in [-0.2, -0.15) is 0 Å². The van der Waals surface area contributed by atoms with Gasteiger partial charge in [0.05, 0.1) is 14.2 Å². The van der Waals surface area contributed by atoms with E-state index in [2.05, 4.69) is 6.58 Å². The summed E-state index contributed by atoms with van der Waals surface area (Å²) < 4.78 is 9.44. The number of carbonyl (C=O) groups excluding carboxylic acids is 2. The van der Waals surface area contributed by atoms with Crippen molar-refractivity contribution in [3.05, 3.63) is 12.2 Å². The third-order valence-electron chi connectivity index (χ3n) is 3.36. The van der Waals surface area contributed by atoms with Crippen molar-refractivity contribution in [2.75, 3.05) is 14.2 Å². The average molecular weight is 226 g/mol. The summed E-state index contributed by atoms with van der Waals surface area (Å²) in [6.07, 6.45) is 1.70. The Bertz CT molecular complexity index is 303. The van der Waals surface area contributed by atoms with E-state index in [1.165, 1.54) is 14.2 Å². The van der Waals surface area contributed by atoms with Crippen LogP contribution in [0.15, 0.2) is 12.2 Å². The summed E-state index contributed by atoms with van der Waals surface area (Å²) in [5.74, 6) is -0.801. The molecule has 1 aliphatic carbocycles. The van der Waals surface area contributed by atoms with Crippen LogP contribution in [-0.2, 0) is 19.1 Å². The molecule has 1 fully saturated rings. The van der Waals surface area contributed by atoms with Crippen molar-refractivity contribution in [2.24, 2.45) is 11.3 Å². The number of hydrogen-bond donors (Lipinski definition) is 0. The molecule has 16 heavy (non-hydrogen) atoms. The van der Waals surface area contributed by atoms with Crippen LogP contribution < -0.4 is 0 Å². The summed E-state index contributed by atoms with van der Waals surface area (Å²) in [4.78, 5) is 23.5. The zero-order valence-corrected chi connectivity index (χ0v) is 10.0. The Morgan fingerprint density at radius 1 is 1.25 bits per heavy atom. The largest absolute Gasteiger partial charge is 0.468 e. The Morgan fingerprint density at radius 2 is 1.75 bits per heavy atom. The average Bonchev–Trinajstić information content (AvgIpc) is 2.73. The first-order valence-electron chi connectivity index (χ1n) is 5.30. The van der Waals surface area contributed by atoms with Gasteiger partial charge in [-0.15, -0.1) is 0 Å². The predicted molar refractivity (Wildman–Crippen MR) is 58.6 cm³/mol. The molecule has 0 amide bonds. The molecule has 0 spiro atoms. The van der Waals surface area contributed by atoms with E-state index in [4.69, 9.17) is 9.47 Å². The summed E-state index contributed by atoms with van der Waals surface area (Å²) >= 11 is 0. The van der Waals surface area contributed by atoms with Gasteiger partial charge in [0.25, 0.3) is 0 Å². The van der Waals surface area contributed by atoms with Crippen molar-refractivity contribution >= 4 is 11.9 Å². The van der Waals surface area contributed by atoms with Gasteiger partial charge >= 0.3 is 11.9 Å². The van der Waals surface area contributed by atoms with Gasteiger partial charge in [0.2, 0.25) is 0 Å². The highest BCUT2D eigenvalue weighted by atomic mass is 16.5. The lowest BCUT2D eigenvalue weighted by Crippen LogP contribution is -2.39. The molecular formula is C12H18O4. The normalized spacial score (nSPS) is 22.6. The van der Waals surface area contributed by atoms with Crippen molar-refractivity contribution in [1.82, 2.24) is 0 Å². The number of esters is 2. The topological polar surface area (TPSA) is 52.6 Å². The summed E-state index contributed by atoms with van der Waals surface area (Å²) in [6.45, 7) is 5.78. The molecule has 4 heteroatoms. The molecule has 1 rings (SSSR count). The van der Waals surface area contributed by atoms with Crippen molar-refractivity contribution in [2.45, 2.75) is 26.2 Å². The first kappa shape index (κ1) is 12.7. The van der Waals surface area contributed by atoms with Crippen LogP contribution in [0.2, 0.25) is 0 Å². The lowest BCUT2D eigenvalue weighted by Gasteiger charge is -2.23. The number of carbonyl (C=O) groups is 2. The minimum absolute atomic E-state index is 0.193. The van der Waals surface area contributed by atoms with E-state index in [0.717, 1.165) is 12.0 Å². The van der Waals surface area contributed by atoms with Crippen molar-refractivity contribution < 1.29 is 19.1 Å². The van der Waals surface area contributed by atoms with Crippen LogP contribution in [0.1, 0.15) is 26.2 Å². The Balaban J connectivity index is 2.96. The fourth-order valence-electron chi connectivity index (χ4n) is 2.31. The number of hydrogen-bond acceptors (Lipinski definition) is 4. The van der Waals surface area contributed by atoms with Crippen molar-refractivity contribution in [3.63, 3.8) is 0 Å². The molecule has 0 bridgehead atoms. The number of rotatable bonds is 3. The number of ether oxygens (including phenoxy) is 2. The Hall–Kier alpha value is -1.32. The van der Waals surface area contributed by atoms with Crippen LogP contribution in [0.4, 0.5) is 0 Å². The lowest BCUT2D eigenvalue weighted by atomic mass is 9.84. The van der Waals surface area contributed by atoms with Crippen LogP contribution in [-0.4, -0.2) is 26.2 Å². The molecule has 0 heterocycles. The molecule has 4 nitrogen and oxygen atoms in total. The van der Waals surface area contributed by atoms with Gasteiger partial charge in [-0.05, 0) is 32.1 Å². The number of methoxy groups -OCH3 is 2. The van der Waals surface area contributed by atoms with Crippen LogP contribution in [0.5, 0.6) is 0 Å². The fourth-order valence-corrected chi connectivity index (χ4v) is 2.31. The van der Waals surface area contributed by atoms with E-state index in [1.807, 2.05) is 6.92 Å². The van der Waals surface area contributed by atoms with Crippen LogP contribution in [0.3, 0.4) is 0 Å². The van der Waals surface area contributed by atoms with Crippen molar-refractivity contribution in [1.29, 1.82) is 0 Å². The van der Waals surface area contributed by atoms with Crippen LogP contribution >= 0.6 is 0 Å². The Labute approximate surface area is 95.6 Å². The standard InChI is InChI=1S/C12H18O4/c1-8(2)9-5-6-12(7-9,10(13)15-3)11(14)16-4/h9H,1,5-7H2,2-4H3. The lowest BCUT2D eigenvalue weighted by molar-refractivity contribution is -0.168. The zero-order chi connectivity index (χ0) is 12.3. The highest BCUT2D eigenvalue weighted by Gasteiger charge is 2.53. The highest BCUT2D eigenvalue weighted by molar-refractivity contribution is 6.00. The summed E-state index contributed by atoms with van der Waals surface area (Å²) in [5, 5.41) is 0. The second kappa shape index (κ2) is 4.68. The first-order valence-corrected chi connectivity index (χ1v) is 5.30. The fraction of sp³-hybridized carbons (Fsp3) is 0.667. The van der Waals surface area contributed by atoms with Gasteiger partial charge in [-0.1, -0.05) is 12.2 Å². The third-order valence-corrected chi connectivity index (χ3v) is 3.36. The zero-order valence-electron chi connectivity index (χ0n) is 10.0. The first-order chi connectivity index (χ1) is 7.47. The quantitative estimate of drug-likeness (QED) is 0.417. The van der Waals surface area contributed by atoms with Gasteiger partial charge in [0.1, 0.15) is 0 Å². The molecule has 0 radical (unpaired) electrons. The maximum Gasteiger partial charge on any atom is 0.323 e. The monoisotopic (exact) mass is 226 g/mol. The predicted octanol–water partition coefficient (Wildman–Crippen LogP) is 1.70. The molecule has 0 N–H and O–H groups in total. The maximum atomic E-state index is 11.8. The minimum atomic E-state index is -1.12. The molecule has 1 aliphatic rings. The maximum absolute atomic E-state index is 11.8. The molecule has 1 atom stereocenters. The van der Waals surface area contributed by atoms with Gasteiger partial charge in [-0.25, -0.2) is 0 Å². The Morgan fingerprint density at radius 3 is 2.06 bits per heavy atom. The second-order valence-corrected chi connectivity index (χ2v) is 4.35. The van der Waals surface area contributed by atoms with E-state index >= 15 is 0 Å². The Kier molecular flexibility index (Phi) is 3.73.